The minimum atomic E-state index is -0.528. The Morgan fingerprint density at radius 2 is 2.04 bits per heavy atom. The van der Waals surface area contributed by atoms with Gasteiger partial charge in [-0.3, -0.25) is 0 Å². The molecule has 1 aliphatic heterocycles. The highest BCUT2D eigenvalue weighted by atomic mass is 35.5. The lowest BCUT2D eigenvalue weighted by Crippen LogP contribution is -2.24. The first-order valence-electron chi connectivity index (χ1n) is 8.67. The summed E-state index contributed by atoms with van der Waals surface area (Å²) in [6, 6.07) is 15.1. The molecule has 5 heteroatoms. The molecule has 1 N–H and O–H groups in total. The summed E-state index contributed by atoms with van der Waals surface area (Å²) in [6.45, 7) is 0. The number of aliphatic hydroxyl groups is 1. The smallest absolute Gasteiger partial charge is 0.0991 e. The Hall–Kier alpha value is -2.61. The summed E-state index contributed by atoms with van der Waals surface area (Å²) in [7, 11) is 0. The third-order valence-corrected chi connectivity index (χ3v) is 5.34. The molecule has 1 aromatic heterocycles. The maximum absolute atomic E-state index is 10.9. The molecule has 0 aliphatic carbocycles. The fourth-order valence-electron chi connectivity index (χ4n) is 3.77. The van der Waals surface area contributed by atoms with Crippen molar-refractivity contribution >= 4 is 11.6 Å². The SMILES string of the molecule is N#Cc1ccc([C@H]2[C@@H](O)CCCc3cncn32)c(-c2ccccc2Cl)c1. The highest BCUT2D eigenvalue weighted by Crippen LogP contribution is 2.38. The van der Waals surface area contributed by atoms with Crippen LogP contribution in [-0.2, 0) is 6.42 Å². The van der Waals surface area contributed by atoms with Gasteiger partial charge in [-0.05, 0) is 48.6 Å². The molecule has 0 saturated carbocycles. The van der Waals surface area contributed by atoms with Gasteiger partial charge in [0.1, 0.15) is 0 Å². The van der Waals surface area contributed by atoms with Crippen LogP contribution in [0.1, 0.15) is 35.7 Å². The van der Waals surface area contributed by atoms with Crippen LogP contribution in [0.4, 0.5) is 0 Å². The van der Waals surface area contributed by atoms with Gasteiger partial charge in [0.15, 0.2) is 0 Å². The Labute approximate surface area is 157 Å². The van der Waals surface area contributed by atoms with Crippen molar-refractivity contribution < 1.29 is 5.11 Å². The number of benzene rings is 2. The third kappa shape index (κ3) is 2.90. The van der Waals surface area contributed by atoms with Crippen LogP contribution in [0.2, 0.25) is 5.02 Å². The van der Waals surface area contributed by atoms with Crippen molar-refractivity contribution in [1.29, 1.82) is 5.26 Å². The van der Waals surface area contributed by atoms with E-state index in [1.807, 2.05) is 42.6 Å². The number of aliphatic hydroxyl groups excluding tert-OH is 1. The zero-order chi connectivity index (χ0) is 18.1. The first-order chi connectivity index (χ1) is 12.7. The summed E-state index contributed by atoms with van der Waals surface area (Å²) in [5, 5.41) is 20.9. The van der Waals surface area contributed by atoms with Gasteiger partial charge in [0.05, 0.1) is 30.1 Å². The van der Waals surface area contributed by atoms with Crippen LogP contribution in [0.25, 0.3) is 11.1 Å². The number of aryl methyl sites for hydroxylation is 1. The topological polar surface area (TPSA) is 61.8 Å². The van der Waals surface area contributed by atoms with Crippen LogP contribution in [0.3, 0.4) is 0 Å². The molecular formula is C21H18ClN3O. The zero-order valence-corrected chi connectivity index (χ0v) is 14.9. The average Bonchev–Trinajstić information content (AvgIpc) is 3.05. The van der Waals surface area contributed by atoms with Crippen molar-refractivity contribution in [3.05, 3.63) is 76.8 Å². The second-order valence-corrected chi connectivity index (χ2v) is 7.00. The van der Waals surface area contributed by atoms with E-state index in [2.05, 4.69) is 15.6 Å². The summed E-state index contributed by atoms with van der Waals surface area (Å²) >= 11 is 6.45. The maximum atomic E-state index is 10.9. The summed E-state index contributed by atoms with van der Waals surface area (Å²) < 4.78 is 2.05. The fourth-order valence-corrected chi connectivity index (χ4v) is 4.00. The number of aromatic nitrogens is 2. The van der Waals surface area contributed by atoms with E-state index in [9.17, 15) is 10.4 Å². The number of nitriles is 1. The lowest BCUT2D eigenvalue weighted by molar-refractivity contribution is 0.124. The number of fused-ring (bicyclic) bond motifs is 1. The monoisotopic (exact) mass is 363 g/mol. The molecule has 0 unspecified atom stereocenters. The van der Waals surface area contributed by atoms with E-state index in [4.69, 9.17) is 11.6 Å². The van der Waals surface area contributed by atoms with E-state index >= 15 is 0 Å². The van der Waals surface area contributed by atoms with Crippen LogP contribution < -0.4 is 0 Å². The minimum absolute atomic E-state index is 0.256. The summed E-state index contributed by atoms with van der Waals surface area (Å²) in [5.41, 5.74) is 4.36. The maximum Gasteiger partial charge on any atom is 0.0991 e. The molecule has 3 aromatic rings. The van der Waals surface area contributed by atoms with Crippen molar-refractivity contribution in [2.45, 2.75) is 31.4 Å². The molecule has 130 valence electrons. The molecule has 2 heterocycles. The molecule has 26 heavy (non-hydrogen) atoms. The van der Waals surface area contributed by atoms with Gasteiger partial charge in [0.2, 0.25) is 0 Å². The quantitative estimate of drug-likeness (QED) is 0.735. The first-order valence-corrected chi connectivity index (χ1v) is 9.04. The molecule has 0 bridgehead atoms. The molecule has 0 fully saturated rings. The standard InChI is InChI=1S/C21H18ClN3O/c22-19-6-2-1-5-16(19)18-10-14(11-23)8-9-17(18)21-20(26)7-3-4-15-12-24-13-25(15)21/h1-2,5-6,8-10,12-13,20-21,26H,3-4,7H2/t20-,21-/m0/s1. The number of imidazole rings is 1. The van der Waals surface area contributed by atoms with E-state index < -0.39 is 6.10 Å². The Balaban J connectivity index is 1.95. The van der Waals surface area contributed by atoms with Crippen molar-refractivity contribution in [3.63, 3.8) is 0 Å². The average molecular weight is 364 g/mol. The molecule has 0 spiro atoms. The second kappa shape index (κ2) is 6.95. The molecule has 0 saturated heterocycles. The largest absolute Gasteiger partial charge is 0.391 e. The van der Waals surface area contributed by atoms with E-state index in [0.29, 0.717) is 17.0 Å². The summed E-state index contributed by atoms with van der Waals surface area (Å²) in [4.78, 5) is 4.28. The molecule has 0 amide bonds. The van der Waals surface area contributed by atoms with Crippen molar-refractivity contribution in [1.82, 2.24) is 9.55 Å². The molecule has 2 aromatic carbocycles. The minimum Gasteiger partial charge on any atom is -0.391 e. The van der Waals surface area contributed by atoms with Crippen LogP contribution in [0.5, 0.6) is 0 Å². The van der Waals surface area contributed by atoms with Gasteiger partial charge in [-0.15, -0.1) is 0 Å². The number of rotatable bonds is 2. The van der Waals surface area contributed by atoms with Crippen LogP contribution in [-0.4, -0.2) is 20.8 Å². The van der Waals surface area contributed by atoms with Crippen LogP contribution >= 0.6 is 11.6 Å². The van der Waals surface area contributed by atoms with Gasteiger partial charge in [0.25, 0.3) is 0 Å². The highest BCUT2D eigenvalue weighted by Gasteiger charge is 2.29. The predicted octanol–water partition coefficient (Wildman–Crippen LogP) is 4.36. The van der Waals surface area contributed by atoms with Crippen LogP contribution in [0, 0.1) is 11.3 Å². The zero-order valence-electron chi connectivity index (χ0n) is 14.1. The second-order valence-electron chi connectivity index (χ2n) is 6.59. The van der Waals surface area contributed by atoms with E-state index in [0.717, 1.165) is 35.2 Å². The molecule has 4 rings (SSSR count). The van der Waals surface area contributed by atoms with Crippen molar-refractivity contribution in [2.24, 2.45) is 0 Å². The lowest BCUT2D eigenvalue weighted by atomic mass is 9.89. The van der Waals surface area contributed by atoms with Gasteiger partial charge < -0.3 is 9.67 Å². The summed E-state index contributed by atoms with van der Waals surface area (Å²) in [6.07, 6.45) is 5.65. The molecule has 2 atom stereocenters. The number of hydrogen-bond donors (Lipinski definition) is 1. The lowest BCUT2D eigenvalue weighted by Gasteiger charge is -2.26. The van der Waals surface area contributed by atoms with Gasteiger partial charge in [-0.1, -0.05) is 35.9 Å². The Morgan fingerprint density at radius 1 is 1.19 bits per heavy atom. The van der Waals surface area contributed by atoms with Crippen LogP contribution in [0.15, 0.2) is 55.0 Å². The molecule has 0 radical (unpaired) electrons. The number of nitrogens with zero attached hydrogens (tertiary/aromatic N) is 3. The normalized spacial score (nSPS) is 19.4. The van der Waals surface area contributed by atoms with Crippen molar-refractivity contribution in [2.75, 3.05) is 0 Å². The molecule has 1 aliphatic rings. The third-order valence-electron chi connectivity index (χ3n) is 5.01. The van der Waals surface area contributed by atoms with E-state index in [1.54, 1.807) is 12.4 Å². The van der Waals surface area contributed by atoms with E-state index in [-0.39, 0.29) is 6.04 Å². The predicted molar refractivity (Wildman–Crippen MR) is 101 cm³/mol. The van der Waals surface area contributed by atoms with Crippen molar-refractivity contribution in [3.8, 4) is 17.2 Å². The molecule has 4 nitrogen and oxygen atoms in total. The van der Waals surface area contributed by atoms with E-state index in [1.165, 1.54) is 0 Å². The van der Waals surface area contributed by atoms with Gasteiger partial charge in [-0.2, -0.15) is 5.26 Å². The Morgan fingerprint density at radius 3 is 2.85 bits per heavy atom. The Bertz CT molecular complexity index is 989. The summed E-state index contributed by atoms with van der Waals surface area (Å²) in [5.74, 6) is 0. The number of halogens is 1. The Kier molecular flexibility index (Phi) is 4.50. The van der Waals surface area contributed by atoms with Gasteiger partial charge >= 0.3 is 0 Å². The van der Waals surface area contributed by atoms with Gasteiger partial charge in [0, 0.05) is 22.5 Å². The highest BCUT2D eigenvalue weighted by molar-refractivity contribution is 6.33. The first kappa shape index (κ1) is 16.8. The van der Waals surface area contributed by atoms with Gasteiger partial charge in [-0.25, -0.2) is 4.98 Å². The molecular weight excluding hydrogens is 346 g/mol. The fraction of sp³-hybridized carbons (Fsp3) is 0.238. The number of hydrogen-bond acceptors (Lipinski definition) is 3.